The van der Waals surface area contributed by atoms with Crippen LogP contribution in [0.25, 0.3) is 0 Å². The summed E-state index contributed by atoms with van der Waals surface area (Å²) in [6, 6.07) is 0. The summed E-state index contributed by atoms with van der Waals surface area (Å²) in [5, 5.41) is 0. The standard InChI is InChI=1S/C10H16N2S/c1-8-3-5-12(6-4-8)10-9(2)13-7-11-10/h7-8H,3-6H2,1-2H3. The molecular formula is C10H16N2S. The van der Waals surface area contributed by atoms with E-state index in [-0.39, 0.29) is 0 Å². The smallest absolute Gasteiger partial charge is 0.142 e. The molecule has 2 rings (SSSR count). The van der Waals surface area contributed by atoms with E-state index in [1.807, 2.05) is 5.51 Å². The Kier molecular flexibility index (Phi) is 2.54. The van der Waals surface area contributed by atoms with Crippen LogP contribution in [0.5, 0.6) is 0 Å². The van der Waals surface area contributed by atoms with Crippen molar-refractivity contribution in [3.63, 3.8) is 0 Å². The van der Waals surface area contributed by atoms with Crippen molar-refractivity contribution >= 4 is 17.2 Å². The number of piperidine rings is 1. The number of hydrogen-bond donors (Lipinski definition) is 0. The van der Waals surface area contributed by atoms with E-state index in [0.717, 1.165) is 5.92 Å². The Hall–Kier alpha value is -0.570. The van der Waals surface area contributed by atoms with Gasteiger partial charge in [-0.2, -0.15) is 0 Å². The molecule has 0 radical (unpaired) electrons. The Morgan fingerprint density at radius 1 is 1.46 bits per heavy atom. The molecule has 0 aliphatic carbocycles. The van der Waals surface area contributed by atoms with E-state index < -0.39 is 0 Å². The van der Waals surface area contributed by atoms with Gasteiger partial charge in [-0.15, -0.1) is 11.3 Å². The van der Waals surface area contributed by atoms with Crippen LogP contribution < -0.4 is 4.90 Å². The Bertz CT molecular complexity index is 274. The van der Waals surface area contributed by atoms with E-state index in [1.165, 1.54) is 36.6 Å². The fourth-order valence-corrected chi connectivity index (χ4v) is 2.42. The van der Waals surface area contributed by atoms with Gasteiger partial charge in [-0.1, -0.05) is 6.92 Å². The molecule has 0 bridgehead atoms. The van der Waals surface area contributed by atoms with Crippen molar-refractivity contribution < 1.29 is 0 Å². The van der Waals surface area contributed by atoms with Crippen LogP contribution in [0.15, 0.2) is 5.51 Å². The Morgan fingerprint density at radius 3 is 2.69 bits per heavy atom. The van der Waals surface area contributed by atoms with Gasteiger partial charge in [0.15, 0.2) is 0 Å². The number of aromatic nitrogens is 1. The lowest BCUT2D eigenvalue weighted by molar-refractivity contribution is 0.436. The molecule has 0 aromatic carbocycles. The first-order chi connectivity index (χ1) is 6.27. The van der Waals surface area contributed by atoms with Gasteiger partial charge in [0.05, 0.1) is 5.51 Å². The van der Waals surface area contributed by atoms with Gasteiger partial charge in [0.1, 0.15) is 5.82 Å². The monoisotopic (exact) mass is 196 g/mol. The van der Waals surface area contributed by atoms with Crippen LogP contribution in [0.2, 0.25) is 0 Å². The van der Waals surface area contributed by atoms with Crippen molar-refractivity contribution in [3.05, 3.63) is 10.4 Å². The van der Waals surface area contributed by atoms with Crippen molar-refractivity contribution in [3.8, 4) is 0 Å². The van der Waals surface area contributed by atoms with E-state index in [9.17, 15) is 0 Å². The summed E-state index contributed by atoms with van der Waals surface area (Å²) in [4.78, 5) is 8.19. The second kappa shape index (κ2) is 3.66. The van der Waals surface area contributed by atoms with Crippen LogP contribution in [-0.2, 0) is 0 Å². The molecule has 1 aliphatic rings. The highest BCUT2D eigenvalue weighted by Gasteiger charge is 2.18. The highest BCUT2D eigenvalue weighted by molar-refractivity contribution is 7.10. The van der Waals surface area contributed by atoms with Crippen LogP contribution in [0.1, 0.15) is 24.6 Å². The number of hydrogen-bond acceptors (Lipinski definition) is 3. The number of anilines is 1. The maximum Gasteiger partial charge on any atom is 0.142 e. The lowest BCUT2D eigenvalue weighted by Crippen LogP contribution is -2.33. The lowest BCUT2D eigenvalue weighted by Gasteiger charge is -2.30. The summed E-state index contributed by atoms with van der Waals surface area (Å²) in [5.41, 5.74) is 1.95. The van der Waals surface area contributed by atoms with E-state index in [0.29, 0.717) is 0 Å². The summed E-state index contributed by atoms with van der Waals surface area (Å²) >= 11 is 1.75. The molecule has 1 saturated heterocycles. The summed E-state index contributed by atoms with van der Waals surface area (Å²) in [7, 11) is 0. The minimum atomic E-state index is 0.898. The SMILES string of the molecule is Cc1scnc1N1CCC(C)CC1. The van der Waals surface area contributed by atoms with Crippen molar-refractivity contribution in [1.29, 1.82) is 0 Å². The van der Waals surface area contributed by atoms with Crippen molar-refractivity contribution in [2.45, 2.75) is 26.7 Å². The molecule has 2 nitrogen and oxygen atoms in total. The molecule has 0 atom stereocenters. The Morgan fingerprint density at radius 2 is 2.15 bits per heavy atom. The van der Waals surface area contributed by atoms with Gasteiger partial charge < -0.3 is 4.90 Å². The first kappa shape index (κ1) is 9.00. The van der Waals surface area contributed by atoms with Gasteiger partial charge in [0.25, 0.3) is 0 Å². The van der Waals surface area contributed by atoms with Crippen LogP contribution >= 0.6 is 11.3 Å². The molecule has 0 saturated carbocycles. The summed E-state index contributed by atoms with van der Waals surface area (Å²) < 4.78 is 0. The predicted octanol–water partition coefficient (Wildman–Crippen LogP) is 2.69. The average Bonchev–Trinajstić information content (AvgIpc) is 2.53. The van der Waals surface area contributed by atoms with Crippen LogP contribution in [-0.4, -0.2) is 18.1 Å². The molecule has 1 aromatic rings. The Balaban J connectivity index is 2.06. The normalized spacial score (nSPS) is 19.4. The van der Waals surface area contributed by atoms with Crippen LogP contribution in [0, 0.1) is 12.8 Å². The maximum absolute atomic E-state index is 4.41. The lowest BCUT2D eigenvalue weighted by atomic mass is 9.99. The van der Waals surface area contributed by atoms with E-state index in [4.69, 9.17) is 0 Å². The third kappa shape index (κ3) is 1.85. The van der Waals surface area contributed by atoms with Crippen molar-refractivity contribution in [2.75, 3.05) is 18.0 Å². The number of thiazole rings is 1. The van der Waals surface area contributed by atoms with Gasteiger partial charge >= 0.3 is 0 Å². The van der Waals surface area contributed by atoms with E-state index >= 15 is 0 Å². The van der Waals surface area contributed by atoms with Crippen LogP contribution in [0.3, 0.4) is 0 Å². The van der Waals surface area contributed by atoms with E-state index in [2.05, 4.69) is 23.7 Å². The first-order valence-electron chi connectivity index (χ1n) is 4.92. The molecule has 1 aliphatic heterocycles. The van der Waals surface area contributed by atoms with E-state index in [1.54, 1.807) is 11.3 Å². The third-order valence-electron chi connectivity index (χ3n) is 2.80. The third-order valence-corrected chi connectivity index (χ3v) is 3.55. The topological polar surface area (TPSA) is 16.1 Å². The van der Waals surface area contributed by atoms with Gasteiger partial charge in [0, 0.05) is 18.0 Å². The molecule has 3 heteroatoms. The molecule has 0 spiro atoms. The number of rotatable bonds is 1. The summed E-state index contributed by atoms with van der Waals surface area (Å²) in [5.74, 6) is 2.12. The molecule has 0 N–H and O–H groups in total. The fraction of sp³-hybridized carbons (Fsp3) is 0.700. The minimum absolute atomic E-state index is 0.898. The number of aryl methyl sites for hydroxylation is 1. The van der Waals surface area contributed by atoms with Gasteiger partial charge in [-0.05, 0) is 25.7 Å². The quantitative estimate of drug-likeness (QED) is 0.686. The molecular weight excluding hydrogens is 180 g/mol. The zero-order chi connectivity index (χ0) is 9.26. The highest BCUT2D eigenvalue weighted by Crippen LogP contribution is 2.26. The zero-order valence-electron chi connectivity index (χ0n) is 8.29. The summed E-state index contributed by atoms with van der Waals surface area (Å²) in [6.07, 6.45) is 2.63. The molecule has 0 unspecified atom stereocenters. The Labute approximate surface area is 83.6 Å². The second-order valence-electron chi connectivity index (χ2n) is 3.90. The molecule has 72 valence electrons. The maximum atomic E-state index is 4.41. The summed E-state index contributed by atoms with van der Waals surface area (Å²) in [6.45, 7) is 6.87. The zero-order valence-corrected chi connectivity index (χ0v) is 9.10. The second-order valence-corrected chi connectivity index (χ2v) is 4.96. The van der Waals surface area contributed by atoms with Crippen molar-refractivity contribution in [1.82, 2.24) is 4.98 Å². The first-order valence-corrected chi connectivity index (χ1v) is 5.80. The average molecular weight is 196 g/mol. The minimum Gasteiger partial charge on any atom is -0.356 e. The molecule has 1 aromatic heterocycles. The fourth-order valence-electron chi connectivity index (χ4n) is 1.82. The number of nitrogens with zero attached hydrogens (tertiary/aromatic N) is 2. The van der Waals surface area contributed by atoms with Gasteiger partial charge in [-0.3, -0.25) is 0 Å². The predicted molar refractivity (Wildman–Crippen MR) is 57.5 cm³/mol. The molecule has 13 heavy (non-hydrogen) atoms. The van der Waals surface area contributed by atoms with Crippen molar-refractivity contribution in [2.24, 2.45) is 5.92 Å². The van der Waals surface area contributed by atoms with Crippen LogP contribution in [0.4, 0.5) is 5.82 Å². The molecule has 0 amide bonds. The van der Waals surface area contributed by atoms with Gasteiger partial charge in [0.2, 0.25) is 0 Å². The molecule has 2 heterocycles. The van der Waals surface area contributed by atoms with Gasteiger partial charge in [-0.25, -0.2) is 4.98 Å². The highest BCUT2D eigenvalue weighted by atomic mass is 32.1. The molecule has 1 fully saturated rings. The largest absolute Gasteiger partial charge is 0.356 e.